The van der Waals surface area contributed by atoms with Gasteiger partial charge in [0.05, 0.1) is 17.1 Å². The fraction of sp³-hybridized carbons (Fsp3) is 0.0370. The van der Waals surface area contributed by atoms with E-state index in [9.17, 15) is 13.2 Å². The fourth-order valence-electron chi connectivity index (χ4n) is 3.79. The summed E-state index contributed by atoms with van der Waals surface area (Å²) in [6, 6.07) is 34.4. The van der Waals surface area contributed by atoms with Crippen LogP contribution in [0.3, 0.4) is 0 Å². The van der Waals surface area contributed by atoms with Crippen LogP contribution >= 0.6 is 11.8 Å². The van der Waals surface area contributed by atoms with Crippen molar-refractivity contribution in [3.8, 4) is 0 Å². The Kier molecular flexibility index (Phi) is 6.75. The van der Waals surface area contributed by atoms with Crippen LogP contribution in [-0.4, -0.2) is 25.1 Å². The van der Waals surface area contributed by atoms with E-state index in [2.05, 4.69) is 10.4 Å². The lowest BCUT2D eigenvalue weighted by atomic mass is 10.2. The molecule has 0 atom stereocenters. The van der Waals surface area contributed by atoms with Crippen LogP contribution in [0.4, 0.5) is 11.4 Å². The van der Waals surface area contributed by atoms with Crippen molar-refractivity contribution < 1.29 is 17.2 Å². The number of fused-ring (bicyclic) bond motifs is 1. The Morgan fingerprint density at radius 1 is 0.778 bits per heavy atom. The standard InChI is InChI=1S/C27H22N4O3S2/c32-26(29-30(21-12-4-1-5-13-21)22-14-6-2-7-15-22)20-35-27-28-24-18-10-11-19-25(24)31(27)36(33,34)23-16-8-3-9-17-23/h1-19H,20H2,(H,29,32)/p+1. The average molecular weight is 516 g/mol. The van der Waals surface area contributed by atoms with Crippen LogP contribution in [0.25, 0.3) is 11.0 Å². The van der Waals surface area contributed by atoms with E-state index < -0.39 is 10.0 Å². The number of hydrazine groups is 1. The third-order valence-electron chi connectivity index (χ3n) is 5.44. The molecule has 0 saturated carbocycles. The van der Waals surface area contributed by atoms with Crippen molar-refractivity contribution in [1.29, 1.82) is 0 Å². The van der Waals surface area contributed by atoms with Crippen molar-refractivity contribution >= 4 is 50.1 Å². The number of hydrogen-bond acceptors (Lipinski definition) is 5. The second kappa shape index (κ2) is 10.3. The smallest absolute Gasteiger partial charge is 0.272 e. The molecule has 0 fully saturated rings. The minimum absolute atomic E-state index is 0.00665. The predicted octanol–water partition coefficient (Wildman–Crippen LogP) is 4.65. The maximum atomic E-state index is 13.5. The Bertz CT molecular complexity index is 1550. The lowest BCUT2D eigenvalue weighted by Crippen LogP contribution is -2.44. The first-order valence-electron chi connectivity index (χ1n) is 11.2. The van der Waals surface area contributed by atoms with Gasteiger partial charge in [0.15, 0.2) is 11.0 Å². The SMILES string of the molecule is O=C(CSc1[nH]c2ccccc2[n+]1S(=O)(=O)c1ccccc1)NN(c1ccccc1)c1ccccc1. The minimum Gasteiger partial charge on any atom is -0.272 e. The fourth-order valence-corrected chi connectivity index (χ4v) is 6.36. The first kappa shape index (κ1) is 23.7. The summed E-state index contributed by atoms with van der Waals surface area (Å²) >= 11 is 1.12. The number of aromatic amines is 1. The molecule has 0 aliphatic heterocycles. The van der Waals surface area contributed by atoms with E-state index in [1.165, 1.54) is 3.97 Å². The van der Waals surface area contributed by atoms with Gasteiger partial charge in [-0.1, -0.05) is 66.7 Å². The van der Waals surface area contributed by atoms with E-state index >= 15 is 0 Å². The first-order chi connectivity index (χ1) is 17.5. The number of anilines is 2. The highest BCUT2D eigenvalue weighted by molar-refractivity contribution is 8.00. The molecule has 4 aromatic carbocycles. The monoisotopic (exact) mass is 515 g/mol. The summed E-state index contributed by atoms with van der Waals surface area (Å²) in [6.07, 6.45) is 0. The summed E-state index contributed by atoms with van der Waals surface area (Å²) in [5.41, 5.74) is 5.72. The van der Waals surface area contributed by atoms with Gasteiger partial charge in [0.25, 0.3) is 0 Å². The Balaban J connectivity index is 1.43. The Morgan fingerprint density at radius 2 is 1.31 bits per heavy atom. The number of imidazole rings is 1. The maximum absolute atomic E-state index is 13.5. The van der Waals surface area contributed by atoms with Crippen LogP contribution in [0.1, 0.15) is 0 Å². The molecule has 0 aliphatic carbocycles. The molecule has 0 aliphatic rings. The van der Waals surface area contributed by atoms with E-state index in [0.29, 0.717) is 16.2 Å². The number of carbonyl (C=O) groups excluding carboxylic acids is 1. The van der Waals surface area contributed by atoms with Crippen molar-refractivity contribution in [3.63, 3.8) is 0 Å². The number of rotatable bonds is 8. The number of para-hydroxylation sites is 4. The Hall–Kier alpha value is -4.08. The number of H-pyrrole nitrogens is 1. The van der Waals surface area contributed by atoms with Crippen LogP contribution in [0.15, 0.2) is 125 Å². The zero-order valence-electron chi connectivity index (χ0n) is 19.1. The van der Waals surface area contributed by atoms with Gasteiger partial charge < -0.3 is 0 Å². The molecule has 7 nitrogen and oxygen atoms in total. The molecule has 0 unspecified atom stereocenters. The van der Waals surface area contributed by atoms with Gasteiger partial charge in [-0.25, -0.2) is 4.98 Å². The summed E-state index contributed by atoms with van der Waals surface area (Å²) in [4.78, 5) is 16.4. The highest BCUT2D eigenvalue weighted by atomic mass is 32.2. The molecule has 1 heterocycles. The van der Waals surface area contributed by atoms with Crippen molar-refractivity contribution in [2.45, 2.75) is 10.1 Å². The highest BCUT2D eigenvalue weighted by Crippen LogP contribution is 2.24. The van der Waals surface area contributed by atoms with Crippen LogP contribution in [0, 0.1) is 0 Å². The van der Waals surface area contributed by atoms with Gasteiger partial charge >= 0.3 is 15.2 Å². The zero-order chi connectivity index (χ0) is 25.0. The molecule has 2 N–H and O–H groups in total. The van der Waals surface area contributed by atoms with E-state index in [4.69, 9.17) is 0 Å². The van der Waals surface area contributed by atoms with Crippen LogP contribution < -0.4 is 14.4 Å². The lowest BCUT2D eigenvalue weighted by molar-refractivity contribution is -0.526. The molecule has 5 aromatic rings. The molecule has 180 valence electrons. The number of thioether (sulfide) groups is 1. The first-order valence-corrected chi connectivity index (χ1v) is 13.6. The second-order valence-electron chi connectivity index (χ2n) is 7.86. The Morgan fingerprint density at radius 3 is 1.92 bits per heavy atom. The van der Waals surface area contributed by atoms with Crippen LogP contribution in [0.5, 0.6) is 0 Å². The lowest BCUT2D eigenvalue weighted by Gasteiger charge is -2.25. The van der Waals surface area contributed by atoms with Gasteiger partial charge in [0.2, 0.25) is 5.91 Å². The van der Waals surface area contributed by atoms with Crippen molar-refractivity contribution in [1.82, 2.24) is 10.4 Å². The molecular formula is C27H23N4O3S2+. The molecule has 5 rings (SSSR count). The number of carbonyl (C=O) groups is 1. The van der Waals surface area contributed by atoms with Crippen LogP contribution in [-0.2, 0) is 14.8 Å². The van der Waals surface area contributed by atoms with Crippen LogP contribution in [0.2, 0.25) is 0 Å². The van der Waals surface area contributed by atoms with E-state index in [1.807, 2.05) is 72.8 Å². The largest absolute Gasteiger partial charge is 0.336 e. The molecule has 0 spiro atoms. The second-order valence-corrected chi connectivity index (χ2v) is 10.6. The number of hydrogen-bond donors (Lipinski definition) is 2. The molecule has 0 bridgehead atoms. The summed E-state index contributed by atoms with van der Waals surface area (Å²) in [5.74, 6) is -0.289. The summed E-state index contributed by atoms with van der Waals surface area (Å²) in [7, 11) is -3.89. The quantitative estimate of drug-likeness (QED) is 0.178. The van der Waals surface area contributed by atoms with Gasteiger partial charge in [-0.05, 0) is 60.3 Å². The Labute approximate surface area is 213 Å². The van der Waals surface area contributed by atoms with Crippen molar-refractivity contribution in [2.24, 2.45) is 0 Å². The van der Waals surface area contributed by atoms with E-state index in [-0.39, 0.29) is 16.6 Å². The maximum Gasteiger partial charge on any atom is 0.336 e. The van der Waals surface area contributed by atoms with Gasteiger partial charge in [0.1, 0.15) is 4.90 Å². The third-order valence-corrected chi connectivity index (χ3v) is 8.24. The zero-order valence-corrected chi connectivity index (χ0v) is 20.7. The van der Waals surface area contributed by atoms with E-state index in [0.717, 1.165) is 23.1 Å². The average Bonchev–Trinajstić information content (AvgIpc) is 3.31. The topological polar surface area (TPSA) is 86.1 Å². The molecule has 1 amide bonds. The summed E-state index contributed by atoms with van der Waals surface area (Å²) < 4.78 is 28.4. The number of benzene rings is 4. The summed E-state index contributed by atoms with van der Waals surface area (Å²) in [5, 5.41) is 2.06. The normalized spacial score (nSPS) is 11.3. The highest BCUT2D eigenvalue weighted by Gasteiger charge is 2.32. The molecule has 0 radical (unpaired) electrons. The molecule has 9 heteroatoms. The molecule has 36 heavy (non-hydrogen) atoms. The van der Waals surface area contributed by atoms with Gasteiger partial charge in [-0.2, -0.15) is 8.42 Å². The predicted molar refractivity (Wildman–Crippen MR) is 141 cm³/mol. The van der Waals surface area contributed by atoms with Crippen molar-refractivity contribution in [2.75, 3.05) is 10.8 Å². The van der Waals surface area contributed by atoms with Gasteiger partial charge in [-0.3, -0.25) is 15.2 Å². The molecule has 0 saturated heterocycles. The number of nitrogens with zero attached hydrogens (tertiary/aromatic N) is 2. The summed E-state index contributed by atoms with van der Waals surface area (Å²) in [6.45, 7) is 0. The van der Waals surface area contributed by atoms with E-state index in [1.54, 1.807) is 47.5 Å². The van der Waals surface area contributed by atoms with Gasteiger partial charge in [0, 0.05) is 0 Å². The minimum atomic E-state index is -3.89. The van der Waals surface area contributed by atoms with Gasteiger partial charge in [-0.15, -0.1) is 3.97 Å². The van der Waals surface area contributed by atoms with Crippen molar-refractivity contribution in [3.05, 3.63) is 115 Å². The number of amides is 1. The molecular weight excluding hydrogens is 492 g/mol. The number of nitrogens with one attached hydrogen (secondary N) is 2. The third kappa shape index (κ3) is 4.84. The number of aromatic nitrogens is 2. The molecule has 1 aromatic heterocycles.